The molecule has 146 valence electrons. The molecular formula is C22H25N3O3. The van der Waals surface area contributed by atoms with Crippen LogP contribution in [-0.4, -0.2) is 22.2 Å². The van der Waals surface area contributed by atoms with E-state index in [-0.39, 0.29) is 12.5 Å². The second-order valence-electron chi connectivity index (χ2n) is 6.86. The highest BCUT2D eigenvalue weighted by Gasteiger charge is 2.19. The molecule has 28 heavy (non-hydrogen) atoms. The van der Waals surface area contributed by atoms with Gasteiger partial charge in [-0.15, -0.1) is 0 Å². The van der Waals surface area contributed by atoms with Crippen LogP contribution in [0.2, 0.25) is 0 Å². The standard InChI is InChI=1S/C22H25N3O3/c1-5-19(27-18-11-8-15(3)16(4)12-18)22(26)23-13-20-24-21(25-28-20)17-9-6-14(2)7-10-17/h6-12,19H,5,13H2,1-4H3,(H,23,26). The zero-order valence-corrected chi connectivity index (χ0v) is 16.7. The zero-order chi connectivity index (χ0) is 20.1. The Kier molecular flexibility index (Phi) is 6.09. The topological polar surface area (TPSA) is 77.2 Å². The monoisotopic (exact) mass is 379 g/mol. The molecule has 1 unspecified atom stereocenters. The van der Waals surface area contributed by atoms with Gasteiger partial charge in [-0.2, -0.15) is 4.98 Å². The molecule has 1 aromatic heterocycles. The van der Waals surface area contributed by atoms with Gasteiger partial charge in [0.1, 0.15) is 5.75 Å². The molecular weight excluding hydrogens is 354 g/mol. The van der Waals surface area contributed by atoms with Gasteiger partial charge >= 0.3 is 0 Å². The van der Waals surface area contributed by atoms with Gasteiger partial charge in [0.05, 0.1) is 6.54 Å². The number of hydrogen-bond donors (Lipinski definition) is 1. The smallest absolute Gasteiger partial charge is 0.261 e. The van der Waals surface area contributed by atoms with Gasteiger partial charge in [0.25, 0.3) is 5.91 Å². The third-order valence-corrected chi connectivity index (χ3v) is 4.61. The van der Waals surface area contributed by atoms with Crippen molar-refractivity contribution in [3.05, 3.63) is 65.0 Å². The number of carbonyl (C=O) groups is 1. The van der Waals surface area contributed by atoms with E-state index in [0.717, 1.165) is 16.7 Å². The Morgan fingerprint density at radius 2 is 1.86 bits per heavy atom. The van der Waals surface area contributed by atoms with Crippen LogP contribution < -0.4 is 10.1 Å². The van der Waals surface area contributed by atoms with Crippen LogP contribution in [0.1, 0.15) is 35.9 Å². The van der Waals surface area contributed by atoms with E-state index >= 15 is 0 Å². The second kappa shape index (κ2) is 8.69. The van der Waals surface area contributed by atoms with Crippen molar-refractivity contribution < 1.29 is 14.1 Å². The highest BCUT2D eigenvalue weighted by atomic mass is 16.5. The first-order valence-corrected chi connectivity index (χ1v) is 9.37. The lowest BCUT2D eigenvalue weighted by Crippen LogP contribution is -2.37. The number of nitrogens with one attached hydrogen (secondary N) is 1. The minimum Gasteiger partial charge on any atom is -0.481 e. The van der Waals surface area contributed by atoms with Gasteiger partial charge in [-0.05, 0) is 50.5 Å². The molecule has 0 bridgehead atoms. The van der Waals surface area contributed by atoms with E-state index in [1.807, 2.05) is 70.2 Å². The summed E-state index contributed by atoms with van der Waals surface area (Å²) in [4.78, 5) is 16.8. The lowest BCUT2D eigenvalue weighted by Gasteiger charge is -2.17. The summed E-state index contributed by atoms with van der Waals surface area (Å²) in [6.45, 7) is 8.14. The van der Waals surface area contributed by atoms with Gasteiger partial charge in [0.2, 0.25) is 11.7 Å². The molecule has 6 nitrogen and oxygen atoms in total. The Morgan fingerprint density at radius 1 is 1.11 bits per heavy atom. The predicted molar refractivity (Wildman–Crippen MR) is 107 cm³/mol. The van der Waals surface area contributed by atoms with E-state index in [9.17, 15) is 4.79 Å². The molecule has 0 spiro atoms. The highest BCUT2D eigenvalue weighted by molar-refractivity contribution is 5.81. The lowest BCUT2D eigenvalue weighted by atomic mass is 10.1. The van der Waals surface area contributed by atoms with E-state index in [1.54, 1.807) is 0 Å². The van der Waals surface area contributed by atoms with Crippen LogP contribution in [0.25, 0.3) is 11.4 Å². The van der Waals surface area contributed by atoms with Crippen LogP contribution >= 0.6 is 0 Å². The molecule has 0 radical (unpaired) electrons. The maximum absolute atomic E-state index is 12.5. The molecule has 0 aliphatic heterocycles. The van der Waals surface area contributed by atoms with Crippen molar-refractivity contribution in [3.8, 4) is 17.1 Å². The third-order valence-electron chi connectivity index (χ3n) is 4.61. The van der Waals surface area contributed by atoms with Crippen LogP contribution in [0.4, 0.5) is 0 Å². The maximum Gasteiger partial charge on any atom is 0.261 e. The zero-order valence-electron chi connectivity index (χ0n) is 16.7. The Bertz CT molecular complexity index is 948. The van der Waals surface area contributed by atoms with E-state index in [1.165, 1.54) is 5.56 Å². The largest absolute Gasteiger partial charge is 0.481 e. The van der Waals surface area contributed by atoms with Gasteiger partial charge < -0.3 is 14.6 Å². The molecule has 1 atom stereocenters. The molecule has 1 amide bonds. The van der Waals surface area contributed by atoms with Crippen LogP contribution in [-0.2, 0) is 11.3 Å². The van der Waals surface area contributed by atoms with Gasteiger partial charge in [-0.3, -0.25) is 4.79 Å². The van der Waals surface area contributed by atoms with E-state index in [0.29, 0.717) is 23.9 Å². The Balaban J connectivity index is 1.59. The minimum atomic E-state index is -0.582. The van der Waals surface area contributed by atoms with Gasteiger partial charge in [-0.25, -0.2) is 0 Å². The first kappa shape index (κ1) is 19.6. The number of aromatic nitrogens is 2. The Morgan fingerprint density at radius 3 is 2.54 bits per heavy atom. The number of benzene rings is 2. The molecule has 6 heteroatoms. The van der Waals surface area contributed by atoms with Crippen LogP contribution in [0, 0.1) is 20.8 Å². The van der Waals surface area contributed by atoms with Crippen LogP contribution in [0.3, 0.4) is 0 Å². The average Bonchev–Trinajstić information content (AvgIpc) is 3.16. The normalized spacial score (nSPS) is 11.9. The number of aryl methyl sites for hydroxylation is 3. The van der Waals surface area contributed by atoms with E-state index < -0.39 is 6.10 Å². The Hall–Kier alpha value is -3.15. The molecule has 0 fully saturated rings. The molecule has 3 aromatic rings. The molecule has 2 aromatic carbocycles. The fourth-order valence-electron chi connectivity index (χ4n) is 2.70. The Labute approximate surface area is 164 Å². The molecule has 1 N–H and O–H groups in total. The van der Waals surface area contributed by atoms with Crippen molar-refractivity contribution in [2.45, 2.75) is 46.8 Å². The number of hydrogen-bond acceptors (Lipinski definition) is 5. The van der Waals surface area contributed by atoms with Crippen molar-refractivity contribution in [2.24, 2.45) is 0 Å². The van der Waals surface area contributed by atoms with Crippen molar-refractivity contribution in [2.75, 3.05) is 0 Å². The molecule has 1 heterocycles. The second-order valence-corrected chi connectivity index (χ2v) is 6.86. The maximum atomic E-state index is 12.5. The molecule has 0 saturated heterocycles. The fraction of sp³-hybridized carbons (Fsp3) is 0.318. The summed E-state index contributed by atoms with van der Waals surface area (Å²) in [5.74, 6) is 1.33. The van der Waals surface area contributed by atoms with Gasteiger partial charge in [-0.1, -0.05) is 48.0 Å². The quantitative estimate of drug-likeness (QED) is 0.668. The number of carbonyl (C=O) groups excluding carboxylic acids is 1. The lowest BCUT2D eigenvalue weighted by molar-refractivity contribution is -0.128. The summed E-state index contributed by atoms with van der Waals surface area (Å²) in [6, 6.07) is 13.7. The SMILES string of the molecule is CCC(Oc1ccc(C)c(C)c1)C(=O)NCc1nc(-c2ccc(C)cc2)no1. The number of rotatable bonds is 7. The average molecular weight is 379 g/mol. The van der Waals surface area contributed by atoms with Crippen molar-refractivity contribution >= 4 is 5.91 Å². The van der Waals surface area contributed by atoms with Crippen LogP contribution in [0.5, 0.6) is 5.75 Å². The van der Waals surface area contributed by atoms with Crippen molar-refractivity contribution in [1.29, 1.82) is 0 Å². The highest BCUT2D eigenvalue weighted by Crippen LogP contribution is 2.19. The predicted octanol–water partition coefficient (Wildman–Crippen LogP) is 4.14. The summed E-state index contributed by atoms with van der Waals surface area (Å²) < 4.78 is 11.1. The van der Waals surface area contributed by atoms with Crippen molar-refractivity contribution in [3.63, 3.8) is 0 Å². The number of amides is 1. The summed E-state index contributed by atoms with van der Waals surface area (Å²) in [6.07, 6.45) is -0.0291. The van der Waals surface area contributed by atoms with Crippen molar-refractivity contribution in [1.82, 2.24) is 15.5 Å². The van der Waals surface area contributed by atoms with Crippen LogP contribution in [0.15, 0.2) is 47.0 Å². The summed E-state index contributed by atoms with van der Waals surface area (Å²) in [5.41, 5.74) is 4.35. The first-order valence-electron chi connectivity index (χ1n) is 9.37. The molecule has 0 aliphatic carbocycles. The molecule has 0 aliphatic rings. The van der Waals surface area contributed by atoms with Gasteiger partial charge in [0.15, 0.2) is 6.10 Å². The fourth-order valence-corrected chi connectivity index (χ4v) is 2.70. The number of ether oxygens (including phenoxy) is 1. The van der Waals surface area contributed by atoms with Gasteiger partial charge in [0, 0.05) is 5.56 Å². The minimum absolute atomic E-state index is 0.157. The summed E-state index contributed by atoms with van der Waals surface area (Å²) in [5, 5.41) is 6.79. The molecule has 0 saturated carbocycles. The third kappa shape index (κ3) is 4.76. The summed E-state index contributed by atoms with van der Waals surface area (Å²) in [7, 11) is 0. The van der Waals surface area contributed by atoms with E-state index in [2.05, 4.69) is 15.5 Å². The molecule has 3 rings (SSSR count). The first-order chi connectivity index (χ1) is 13.5. The summed E-state index contributed by atoms with van der Waals surface area (Å²) >= 11 is 0. The van der Waals surface area contributed by atoms with E-state index in [4.69, 9.17) is 9.26 Å². The number of nitrogens with zero attached hydrogens (tertiary/aromatic N) is 2.